The van der Waals surface area contributed by atoms with E-state index in [9.17, 15) is 0 Å². The van der Waals surface area contributed by atoms with E-state index < -0.39 is 5.41 Å². The van der Waals surface area contributed by atoms with E-state index in [4.69, 9.17) is 19.4 Å². The smallest absolute Gasteiger partial charge is 0.164 e. The highest BCUT2D eigenvalue weighted by Crippen LogP contribution is 2.57. The van der Waals surface area contributed by atoms with Crippen LogP contribution in [0.5, 0.6) is 0 Å². The van der Waals surface area contributed by atoms with Crippen molar-refractivity contribution in [1.29, 1.82) is 0 Å². The Morgan fingerprint density at radius 2 is 0.598 bits per heavy atom. The largest absolute Gasteiger partial charge is 0.456 e. The van der Waals surface area contributed by atoms with Gasteiger partial charge in [0.2, 0.25) is 0 Å². The minimum absolute atomic E-state index is 0.583. The van der Waals surface area contributed by atoms with Crippen molar-refractivity contribution >= 4 is 54.3 Å². The molecule has 18 rings (SSSR count). The number of rotatable bonds is 10. The third-order valence-electron chi connectivity index (χ3n) is 19.0. The zero-order valence-electron chi connectivity index (χ0n) is 50.0. The first-order valence-corrected chi connectivity index (χ1v) is 31.5. The maximum absolute atomic E-state index is 6.61. The summed E-state index contributed by atoms with van der Waals surface area (Å²) in [6, 6.07) is 121. The van der Waals surface area contributed by atoms with Gasteiger partial charge in [-0.3, -0.25) is 0 Å². The molecule has 2 heterocycles. The van der Waals surface area contributed by atoms with Crippen LogP contribution in [0.3, 0.4) is 0 Å². The van der Waals surface area contributed by atoms with Crippen LogP contribution in [-0.4, -0.2) is 15.0 Å². The molecule has 0 atom stereocenters. The van der Waals surface area contributed by atoms with Gasteiger partial charge >= 0.3 is 0 Å². The standard InChI is InChI=1S/C88H55N3O/c1-3-18-56(19-4-1)57-36-38-58(39-37-57)59-40-42-60(43-41-59)64-47-51-82-79(55-64)84-70(32-17-35-83(84)92-82)65-22-15-23-66(52-65)86-89-85(62-20-5-2-6-21-62)90-87(91-86)67-24-16-25-69(53-67)88(80-33-13-11-30-76(80)77-31-12-14-34-81(77)88)68-48-44-61(45-49-68)63-46-50-75-73-28-8-7-26-71(73)72-27-9-10-29-74(72)78(75)54-63/h1-55H. The number of hydrogen-bond donors (Lipinski definition) is 0. The second kappa shape index (κ2) is 21.6. The molecule has 0 amide bonds. The van der Waals surface area contributed by atoms with Crippen LogP contribution in [0.2, 0.25) is 0 Å². The third-order valence-corrected chi connectivity index (χ3v) is 19.0. The lowest BCUT2D eigenvalue weighted by molar-refractivity contribution is 0.669. The number of aromatic nitrogens is 3. The second-order valence-corrected chi connectivity index (χ2v) is 24.1. The Labute approximate surface area is 532 Å². The van der Waals surface area contributed by atoms with Crippen LogP contribution >= 0.6 is 0 Å². The molecule has 428 valence electrons. The molecule has 2 aromatic heterocycles. The molecular formula is C88H55N3O. The molecule has 4 nitrogen and oxygen atoms in total. The second-order valence-electron chi connectivity index (χ2n) is 24.1. The van der Waals surface area contributed by atoms with Crippen LogP contribution in [0.4, 0.5) is 0 Å². The van der Waals surface area contributed by atoms with Crippen molar-refractivity contribution in [2.45, 2.75) is 5.41 Å². The molecule has 15 aromatic carbocycles. The summed E-state index contributed by atoms with van der Waals surface area (Å²) in [4.78, 5) is 16.1. The van der Waals surface area contributed by atoms with Crippen molar-refractivity contribution in [3.63, 3.8) is 0 Å². The van der Waals surface area contributed by atoms with Crippen LogP contribution in [-0.2, 0) is 5.41 Å². The van der Waals surface area contributed by atoms with Gasteiger partial charge in [-0.1, -0.05) is 297 Å². The minimum atomic E-state index is -0.674. The Morgan fingerprint density at radius 1 is 0.207 bits per heavy atom. The Kier molecular flexibility index (Phi) is 12.4. The van der Waals surface area contributed by atoms with Gasteiger partial charge in [-0.05, 0) is 158 Å². The van der Waals surface area contributed by atoms with Gasteiger partial charge in [0.25, 0.3) is 0 Å². The van der Waals surface area contributed by atoms with Crippen LogP contribution in [0, 0.1) is 0 Å². The Morgan fingerprint density at radius 3 is 1.20 bits per heavy atom. The van der Waals surface area contributed by atoms with E-state index in [1.54, 1.807) is 0 Å². The average Bonchev–Trinajstić information content (AvgIpc) is 1.52. The maximum Gasteiger partial charge on any atom is 0.164 e. The highest BCUT2D eigenvalue weighted by molar-refractivity contribution is 6.26. The molecule has 0 saturated heterocycles. The zero-order chi connectivity index (χ0) is 60.7. The zero-order valence-corrected chi connectivity index (χ0v) is 50.0. The van der Waals surface area contributed by atoms with Crippen LogP contribution in [0.15, 0.2) is 338 Å². The van der Waals surface area contributed by atoms with Crippen LogP contribution < -0.4 is 0 Å². The summed E-state index contributed by atoms with van der Waals surface area (Å²) in [6.07, 6.45) is 0. The van der Waals surface area contributed by atoms with E-state index in [1.165, 1.54) is 88.0 Å². The molecule has 0 aliphatic heterocycles. The molecular weight excluding hydrogens is 1110 g/mol. The first-order chi connectivity index (χ1) is 45.6. The minimum Gasteiger partial charge on any atom is -0.456 e. The number of benzene rings is 15. The average molecular weight is 1170 g/mol. The van der Waals surface area contributed by atoms with Crippen LogP contribution in [0.25, 0.3) is 155 Å². The SMILES string of the molecule is c1ccc(-c2ccc(-c3ccc(-c4ccc5oc6cccc(-c7cccc(-c8nc(-c9ccccc9)nc(-c9cccc(C%10(c%11ccc(-c%12ccc%13c%14ccccc%14c%14ccccc%14c%13c%12)cc%11)c%11ccccc%11-c%11ccccc%11%10)c9)n8)c7)c6c5c4)cc3)cc2)cc1. The normalized spacial score (nSPS) is 12.4. The molecule has 92 heavy (non-hydrogen) atoms. The molecule has 0 fully saturated rings. The van der Waals surface area contributed by atoms with Gasteiger partial charge in [0, 0.05) is 27.5 Å². The fourth-order valence-corrected chi connectivity index (χ4v) is 14.7. The lowest BCUT2D eigenvalue weighted by atomic mass is 9.67. The Hall–Kier alpha value is -12.1. The summed E-state index contributed by atoms with van der Waals surface area (Å²) in [5, 5.41) is 9.72. The summed E-state index contributed by atoms with van der Waals surface area (Å²) in [6.45, 7) is 0. The van der Waals surface area contributed by atoms with Gasteiger partial charge in [-0.2, -0.15) is 0 Å². The predicted octanol–water partition coefficient (Wildman–Crippen LogP) is 22.9. The highest BCUT2D eigenvalue weighted by atomic mass is 16.3. The molecule has 0 bridgehead atoms. The van der Waals surface area contributed by atoms with E-state index in [0.717, 1.165) is 72.0 Å². The number of fused-ring (bicyclic) bond motifs is 12. The van der Waals surface area contributed by atoms with Gasteiger partial charge in [-0.15, -0.1) is 0 Å². The van der Waals surface area contributed by atoms with Gasteiger partial charge in [0.05, 0.1) is 5.41 Å². The lowest BCUT2D eigenvalue weighted by Gasteiger charge is -2.34. The molecule has 1 aliphatic carbocycles. The summed E-state index contributed by atoms with van der Waals surface area (Å²) in [5.41, 5.74) is 22.4. The molecule has 17 aromatic rings. The van der Waals surface area contributed by atoms with Crippen molar-refractivity contribution in [3.8, 4) is 101 Å². The van der Waals surface area contributed by atoms with Crippen LogP contribution in [0.1, 0.15) is 22.3 Å². The lowest BCUT2D eigenvalue weighted by Crippen LogP contribution is -2.28. The van der Waals surface area contributed by atoms with Gasteiger partial charge in [0.15, 0.2) is 17.5 Å². The van der Waals surface area contributed by atoms with Crippen molar-refractivity contribution in [1.82, 2.24) is 15.0 Å². The molecule has 0 spiro atoms. The topological polar surface area (TPSA) is 51.8 Å². The fourth-order valence-electron chi connectivity index (χ4n) is 14.7. The molecule has 0 N–H and O–H groups in total. The van der Waals surface area contributed by atoms with E-state index in [2.05, 4.69) is 315 Å². The fraction of sp³-hybridized carbons (Fsp3) is 0.0114. The van der Waals surface area contributed by atoms with E-state index in [-0.39, 0.29) is 0 Å². The van der Waals surface area contributed by atoms with Gasteiger partial charge in [0.1, 0.15) is 11.2 Å². The maximum atomic E-state index is 6.61. The molecule has 0 radical (unpaired) electrons. The summed E-state index contributed by atoms with van der Waals surface area (Å²) in [5.74, 6) is 1.77. The van der Waals surface area contributed by atoms with Gasteiger partial charge in [-0.25, -0.2) is 15.0 Å². The molecule has 0 unspecified atom stereocenters. The Bertz CT molecular complexity index is 5650. The van der Waals surface area contributed by atoms with E-state index >= 15 is 0 Å². The first-order valence-electron chi connectivity index (χ1n) is 31.5. The van der Waals surface area contributed by atoms with Gasteiger partial charge < -0.3 is 4.42 Å². The van der Waals surface area contributed by atoms with Crippen molar-refractivity contribution in [2.24, 2.45) is 0 Å². The first kappa shape index (κ1) is 53.0. The predicted molar refractivity (Wildman–Crippen MR) is 380 cm³/mol. The molecule has 4 heteroatoms. The van der Waals surface area contributed by atoms with Crippen molar-refractivity contribution in [3.05, 3.63) is 356 Å². The highest BCUT2D eigenvalue weighted by Gasteiger charge is 2.46. The quantitative estimate of drug-likeness (QED) is 0.128. The Balaban J connectivity index is 0.724. The van der Waals surface area contributed by atoms with Crippen molar-refractivity contribution in [2.75, 3.05) is 0 Å². The monoisotopic (exact) mass is 1170 g/mol. The van der Waals surface area contributed by atoms with Crippen molar-refractivity contribution < 1.29 is 4.42 Å². The number of hydrogen-bond acceptors (Lipinski definition) is 4. The molecule has 0 saturated carbocycles. The summed E-state index contributed by atoms with van der Waals surface area (Å²) >= 11 is 0. The molecule has 1 aliphatic rings. The van der Waals surface area contributed by atoms with E-state index in [0.29, 0.717) is 17.5 Å². The number of furan rings is 1. The summed E-state index contributed by atoms with van der Waals surface area (Å²) < 4.78 is 6.61. The third kappa shape index (κ3) is 8.71. The van der Waals surface area contributed by atoms with E-state index in [1.807, 2.05) is 18.2 Å². The number of nitrogens with zero attached hydrogens (tertiary/aromatic N) is 3. The summed E-state index contributed by atoms with van der Waals surface area (Å²) in [7, 11) is 0.